The average Bonchev–Trinajstić information content (AvgIpc) is 2.81. The van der Waals surface area contributed by atoms with Gasteiger partial charge in [-0.05, 0) is 18.2 Å². The Bertz CT molecular complexity index is 515. The lowest BCUT2D eigenvalue weighted by atomic mass is 10.0. The van der Waals surface area contributed by atoms with Crippen LogP contribution in [0.3, 0.4) is 0 Å². The zero-order valence-electron chi connectivity index (χ0n) is 10.0. The minimum absolute atomic E-state index is 0.0101. The molecule has 1 atom stereocenters. The highest BCUT2D eigenvalue weighted by Crippen LogP contribution is 2.30. The van der Waals surface area contributed by atoms with Crippen LogP contribution >= 0.6 is 22.9 Å². The van der Waals surface area contributed by atoms with Gasteiger partial charge in [-0.15, -0.1) is 11.3 Å². The minimum atomic E-state index is 0.0101. The largest absolute Gasteiger partial charge is 0.496 e. The zero-order valence-corrected chi connectivity index (χ0v) is 11.6. The molecule has 2 aromatic rings. The second-order valence-electron chi connectivity index (χ2n) is 3.87. The monoisotopic (exact) mass is 282 g/mol. The van der Waals surface area contributed by atoms with Crippen LogP contribution in [0.1, 0.15) is 16.5 Å². The first kappa shape index (κ1) is 13.4. The molecule has 0 radical (unpaired) electrons. The van der Waals surface area contributed by atoms with Gasteiger partial charge in [-0.3, -0.25) is 11.3 Å². The summed E-state index contributed by atoms with van der Waals surface area (Å²) in [6.45, 7) is 0. The molecule has 0 amide bonds. The number of ether oxygens (including phenoxy) is 1. The summed E-state index contributed by atoms with van der Waals surface area (Å²) in [5.41, 5.74) is 3.88. The summed E-state index contributed by atoms with van der Waals surface area (Å²) < 4.78 is 6.15. The summed E-state index contributed by atoms with van der Waals surface area (Å²) in [6.07, 6.45) is 0.786. The van der Waals surface area contributed by atoms with Crippen LogP contribution in [0.2, 0.25) is 4.34 Å². The number of hydrogen-bond donors (Lipinski definition) is 2. The van der Waals surface area contributed by atoms with E-state index in [9.17, 15) is 0 Å². The SMILES string of the molecule is COc1ccccc1C(Cc1ccc(Cl)s1)NN. The van der Waals surface area contributed by atoms with Gasteiger partial charge in [0.25, 0.3) is 0 Å². The third-order valence-corrected chi connectivity index (χ3v) is 4.00. The van der Waals surface area contributed by atoms with E-state index >= 15 is 0 Å². The lowest BCUT2D eigenvalue weighted by molar-refractivity contribution is 0.399. The smallest absolute Gasteiger partial charge is 0.123 e. The number of hydrogen-bond acceptors (Lipinski definition) is 4. The first-order valence-electron chi connectivity index (χ1n) is 5.58. The molecule has 0 aliphatic rings. The van der Waals surface area contributed by atoms with Gasteiger partial charge in [0, 0.05) is 16.9 Å². The summed E-state index contributed by atoms with van der Waals surface area (Å²) >= 11 is 7.50. The zero-order chi connectivity index (χ0) is 13.0. The number of hydrazine groups is 1. The third-order valence-electron chi connectivity index (χ3n) is 2.75. The van der Waals surface area contributed by atoms with E-state index in [0.717, 1.165) is 22.1 Å². The van der Waals surface area contributed by atoms with Gasteiger partial charge in [-0.2, -0.15) is 0 Å². The molecule has 1 aromatic carbocycles. The lowest BCUT2D eigenvalue weighted by Crippen LogP contribution is -2.29. The molecular weight excluding hydrogens is 268 g/mol. The number of halogens is 1. The van der Waals surface area contributed by atoms with Gasteiger partial charge in [-0.1, -0.05) is 29.8 Å². The van der Waals surface area contributed by atoms with E-state index in [-0.39, 0.29) is 6.04 Å². The maximum atomic E-state index is 5.93. The number of thiophene rings is 1. The predicted octanol–water partition coefficient (Wildman–Crippen LogP) is 3.16. The first-order valence-corrected chi connectivity index (χ1v) is 6.77. The molecule has 1 unspecified atom stereocenters. The molecular formula is C13H15ClN2OS. The summed E-state index contributed by atoms with van der Waals surface area (Å²) in [4.78, 5) is 1.19. The Morgan fingerprint density at radius 3 is 2.72 bits per heavy atom. The first-order chi connectivity index (χ1) is 8.74. The van der Waals surface area contributed by atoms with Crippen molar-refractivity contribution in [1.29, 1.82) is 0 Å². The molecule has 1 aromatic heterocycles. The van der Waals surface area contributed by atoms with Crippen molar-refractivity contribution >= 4 is 22.9 Å². The summed E-state index contributed by atoms with van der Waals surface area (Å²) in [7, 11) is 1.66. The molecule has 2 rings (SSSR count). The van der Waals surface area contributed by atoms with Crippen molar-refractivity contribution in [2.75, 3.05) is 7.11 Å². The molecule has 0 spiro atoms. The van der Waals surface area contributed by atoms with Crippen LogP contribution < -0.4 is 16.0 Å². The highest BCUT2D eigenvalue weighted by molar-refractivity contribution is 7.16. The standard InChI is InChI=1S/C13H15ClN2OS/c1-17-12-5-3-2-4-10(12)11(16-15)8-9-6-7-13(14)18-9/h2-7,11,16H,8,15H2,1H3. The van der Waals surface area contributed by atoms with Gasteiger partial charge in [0.2, 0.25) is 0 Å². The molecule has 1 heterocycles. The fraction of sp³-hybridized carbons (Fsp3) is 0.231. The summed E-state index contributed by atoms with van der Waals surface area (Å²) in [5, 5.41) is 0. The molecule has 5 heteroatoms. The van der Waals surface area contributed by atoms with Crippen molar-refractivity contribution in [3.63, 3.8) is 0 Å². The Balaban J connectivity index is 2.22. The van der Waals surface area contributed by atoms with E-state index in [1.54, 1.807) is 18.4 Å². The average molecular weight is 283 g/mol. The number of benzene rings is 1. The van der Waals surface area contributed by atoms with Crippen molar-refractivity contribution in [1.82, 2.24) is 5.43 Å². The van der Waals surface area contributed by atoms with Crippen LogP contribution in [-0.2, 0) is 6.42 Å². The van der Waals surface area contributed by atoms with E-state index in [0.29, 0.717) is 0 Å². The number of nitrogens with one attached hydrogen (secondary N) is 1. The Labute approximate surface area is 116 Å². The maximum Gasteiger partial charge on any atom is 0.123 e. The second kappa shape index (κ2) is 6.20. The molecule has 0 fully saturated rings. The number of rotatable bonds is 5. The van der Waals surface area contributed by atoms with E-state index in [4.69, 9.17) is 22.2 Å². The molecule has 0 saturated carbocycles. The molecule has 0 aliphatic heterocycles. The van der Waals surface area contributed by atoms with E-state index in [1.165, 1.54) is 4.88 Å². The van der Waals surface area contributed by atoms with E-state index < -0.39 is 0 Å². The maximum absolute atomic E-state index is 5.93. The minimum Gasteiger partial charge on any atom is -0.496 e. The highest BCUT2D eigenvalue weighted by atomic mass is 35.5. The topological polar surface area (TPSA) is 47.3 Å². The van der Waals surface area contributed by atoms with E-state index in [1.807, 2.05) is 36.4 Å². The molecule has 0 bridgehead atoms. The normalized spacial score (nSPS) is 12.4. The van der Waals surface area contributed by atoms with Crippen LogP contribution in [0.15, 0.2) is 36.4 Å². The van der Waals surface area contributed by atoms with Crippen LogP contribution in [0, 0.1) is 0 Å². The number of para-hydroxylation sites is 1. The highest BCUT2D eigenvalue weighted by Gasteiger charge is 2.15. The molecule has 3 N–H and O–H groups in total. The van der Waals surface area contributed by atoms with Crippen LogP contribution in [0.5, 0.6) is 5.75 Å². The predicted molar refractivity (Wildman–Crippen MR) is 76.1 cm³/mol. The molecule has 18 heavy (non-hydrogen) atoms. The Hall–Kier alpha value is -1.07. The fourth-order valence-corrected chi connectivity index (χ4v) is 3.01. The van der Waals surface area contributed by atoms with Gasteiger partial charge in [0.05, 0.1) is 17.5 Å². The third kappa shape index (κ3) is 3.03. The van der Waals surface area contributed by atoms with Crippen molar-refractivity contribution in [3.8, 4) is 5.75 Å². The molecule has 3 nitrogen and oxygen atoms in total. The Morgan fingerprint density at radius 2 is 2.11 bits per heavy atom. The van der Waals surface area contributed by atoms with Crippen molar-refractivity contribution in [2.45, 2.75) is 12.5 Å². The van der Waals surface area contributed by atoms with Crippen molar-refractivity contribution < 1.29 is 4.74 Å². The van der Waals surface area contributed by atoms with Gasteiger partial charge < -0.3 is 4.74 Å². The summed E-state index contributed by atoms with van der Waals surface area (Å²) in [6, 6.07) is 11.8. The van der Waals surface area contributed by atoms with Gasteiger partial charge >= 0.3 is 0 Å². The molecule has 0 aliphatic carbocycles. The van der Waals surface area contributed by atoms with Crippen LogP contribution in [0.4, 0.5) is 0 Å². The Kier molecular flexibility index (Phi) is 4.60. The van der Waals surface area contributed by atoms with Crippen LogP contribution in [0.25, 0.3) is 0 Å². The van der Waals surface area contributed by atoms with E-state index in [2.05, 4.69) is 5.43 Å². The summed E-state index contributed by atoms with van der Waals surface area (Å²) in [5.74, 6) is 6.49. The van der Waals surface area contributed by atoms with Crippen molar-refractivity contribution in [2.24, 2.45) is 5.84 Å². The second-order valence-corrected chi connectivity index (χ2v) is 5.67. The quantitative estimate of drug-likeness (QED) is 0.654. The lowest BCUT2D eigenvalue weighted by Gasteiger charge is -2.18. The van der Waals surface area contributed by atoms with Crippen LogP contribution in [-0.4, -0.2) is 7.11 Å². The number of methoxy groups -OCH3 is 1. The van der Waals surface area contributed by atoms with Gasteiger partial charge in [0.15, 0.2) is 0 Å². The number of nitrogens with two attached hydrogens (primary N) is 1. The fourth-order valence-electron chi connectivity index (χ4n) is 1.88. The van der Waals surface area contributed by atoms with Gasteiger partial charge in [0.1, 0.15) is 5.75 Å². The molecule has 96 valence electrons. The Morgan fingerprint density at radius 1 is 1.33 bits per heavy atom. The van der Waals surface area contributed by atoms with Gasteiger partial charge in [-0.25, -0.2) is 0 Å². The van der Waals surface area contributed by atoms with Crippen molar-refractivity contribution in [3.05, 3.63) is 51.2 Å². The molecule has 0 saturated heterocycles.